The summed E-state index contributed by atoms with van der Waals surface area (Å²) in [6.07, 6.45) is 2.22. The average Bonchev–Trinajstić information content (AvgIpc) is 2.46. The Bertz CT molecular complexity index is 425. The van der Waals surface area contributed by atoms with Crippen molar-refractivity contribution >= 4 is 16.1 Å². The molecule has 1 rings (SSSR count). The zero-order chi connectivity index (χ0) is 15.9. The highest BCUT2D eigenvalue weighted by Crippen LogP contribution is 2.20. The van der Waals surface area contributed by atoms with E-state index in [-0.39, 0.29) is 18.4 Å². The number of piperidine rings is 1. The van der Waals surface area contributed by atoms with Gasteiger partial charge in [0, 0.05) is 46.9 Å². The summed E-state index contributed by atoms with van der Waals surface area (Å²) in [5.74, 6) is -0.328. The Morgan fingerprint density at radius 3 is 2.76 bits per heavy atom. The molecule has 0 aromatic heterocycles. The topological polar surface area (TPSA) is 79.0 Å². The van der Waals surface area contributed by atoms with Gasteiger partial charge in [-0.15, -0.1) is 0 Å². The fraction of sp³-hybridized carbons (Fsp3) is 0.923. The van der Waals surface area contributed by atoms with Crippen LogP contribution in [-0.4, -0.2) is 69.9 Å². The van der Waals surface area contributed by atoms with Crippen molar-refractivity contribution in [1.29, 1.82) is 0 Å². The lowest BCUT2D eigenvalue weighted by Gasteiger charge is -2.32. The number of rotatable bonds is 8. The second-order valence-electron chi connectivity index (χ2n) is 5.33. The van der Waals surface area contributed by atoms with Gasteiger partial charge in [0.05, 0.1) is 5.92 Å². The molecule has 0 unspecified atom stereocenters. The molecule has 124 valence electrons. The van der Waals surface area contributed by atoms with Crippen molar-refractivity contribution in [3.63, 3.8) is 0 Å². The molecule has 8 heteroatoms. The van der Waals surface area contributed by atoms with E-state index < -0.39 is 10.2 Å². The van der Waals surface area contributed by atoms with Crippen LogP contribution in [0, 0.1) is 5.92 Å². The molecular weight excluding hydrogens is 294 g/mol. The van der Waals surface area contributed by atoms with E-state index in [4.69, 9.17) is 4.74 Å². The van der Waals surface area contributed by atoms with Gasteiger partial charge in [0.15, 0.2) is 0 Å². The number of nitrogens with one attached hydrogen (secondary N) is 1. The lowest BCUT2D eigenvalue weighted by molar-refractivity contribution is -0.126. The summed E-state index contributed by atoms with van der Waals surface area (Å²) in [7, 11) is -0.419. The Balaban J connectivity index is 2.43. The number of nitrogens with zero attached hydrogens (tertiary/aromatic N) is 2. The molecule has 1 saturated heterocycles. The molecular formula is C13H27N3O4S. The molecule has 1 aliphatic rings. The monoisotopic (exact) mass is 321 g/mol. The number of hydrogen-bond donors (Lipinski definition) is 1. The molecule has 7 nitrogen and oxygen atoms in total. The van der Waals surface area contributed by atoms with Crippen LogP contribution >= 0.6 is 0 Å². The maximum absolute atomic E-state index is 12.1. The van der Waals surface area contributed by atoms with Crippen LogP contribution < -0.4 is 5.32 Å². The summed E-state index contributed by atoms with van der Waals surface area (Å²) in [5.41, 5.74) is 0. The molecule has 1 heterocycles. The molecule has 0 aromatic rings. The quantitative estimate of drug-likeness (QED) is 0.641. The van der Waals surface area contributed by atoms with Gasteiger partial charge in [-0.3, -0.25) is 4.79 Å². The summed E-state index contributed by atoms with van der Waals surface area (Å²) in [6.45, 7) is 4.54. The third kappa shape index (κ3) is 5.54. The van der Waals surface area contributed by atoms with E-state index in [1.165, 1.54) is 22.7 Å². The van der Waals surface area contributed by atoms with E-state index in [9.17, 15) is 13.2 Å². The van der Waals surface area contributed by atoms with E-state index in [1.807, 2.05) is 6.92 Å². The van der Waals surface area contributed by atoms with Crippen molar-refractivity contribution in [2.75, 3.05) is 46.9 Å². The van der Waals surface area contributed by atoms with Gasteiger partial charge in [-0.25, -0.2) is 0 Å². The van der Waals surface area contributed by atoms with Gasteiger partial charge >= 0.3 is 0 Å². The molecule has 0 aliphatic carbocycles. The minimum atomic E-state index is -3.43. The highest BCUT2D eigenvalue weighted by molar-refractivity contribution is 7.86. The molecule has 0 aromatic carbocycles. The number of carbonyl (C=O) groups excluding carboxylic acids is 1. The molecule has 0 bridgehead atoms. The third-order valence-electron chi connectivity index (χ3n) is 3.51. The molecule has 0 saturated carbocycles. The van der Waals surface area contributed by atoms with Crippen molar-refractivity contribution in [2.24, 2.45) is 5.92 Å². The van der Waals surface area contributed by atoms with E-state index in [2.05, 4.69) is 5.32 Å². The van der Waals surface area contributed by atoms with E-state index in [0.29, 0.717) is 32.7 Å². The second kappa shape index (κ2) is 8.67. The zero-order valence-electron chi connectivity index (χ0n) is 13.2. The molecule has 0 radical (unpaired) electrons. The molecule has 1 fully saturated rings. The number of hydrogen-bond acceptors (Lipinski definition) is 4. The minimum Gasteiger partial charge on any atom is -0.382 e. The summed E-state index contributed by atoms with van der Waals surface area (Å²) in [6, 6.07) is 0. The highest BCUT2D eigenvalue weighted by Gasteiger charge is 2.33. The normalized spacial score (nSPS) is 20.7. The number of ether oxygens (including phenoxy) is 1. The Morgan fingerprint density at radius 2 is 2.14 bits per heavy atom. The zero-order valence-corrected chi connectivity index (χ0v) is 14.0. The van der Waals surface area contributed by atoms with Gasteiger partial charge in [0.1, 0.15) is 0 Å². The van der Waals surface area contributed by atoms with Crippen LogP contribution in [0.4, 0.5) is 0 Å². The maximum Gasteiger partial charge on any atom is 0.281 e. The Labute approximate surface area is 127 Å². The summed E-state index contributed by atoms with van der Waals surface area (Å²) in [4.78, 5) is 12.1. The minimum absolute atomic E-state index is 0.0647. The fourth-order valence-electron chi connectivity index (χ4n) is 2.27. The predicted octanol–water partition coefficient (Wildman–Crippen LogP) is 0.0476. The van der Waals surface area contributed by atoms with Gasteiger partial charge < -0.3 is 10.1 Å². The molecule has 0 spiro atoms. The molecule has 1 N–H and O–H groups in total. The third-order valence-corrected chi connectivity index (χ3v) is 5.42. The first-order chi connectivity index (χ1) is 9.89. The van der Waals surface area contributed by atoms with Crippen molar-refractivity contribution in [3.8, 4) is 0 Å². The van der Waals surface area contributed by atoms with Gasteiger partial charge in [-0.1, -0.05) is 0 Å². The summed E-state index contributed by atoms with van der Waals surface area (Å²) >= 11 is 0. The van der Waals surface area contributed by atoms with Crippen LogP contribution in [0.5, 0.6) is 0 Å². The lowest BCUT2D eigenvalue weighted by atomic mass is 9.99. The molecule has 21 heavy (non-hydrogen) atoms. The Hall–Kier alpha value is -0.700. The van der Waals surface area contributed by atoms with Crippen LogP contribution in [-0.2, 0) is 19.7 Å². The number of carbonyl (C=O) groups is 1. The van der Waals surface area contributed by atoms with Crippen molar-refractivity contribution in [2.45, 2.75) is 26.2 Å². The van der Waals surface area contributed by atoms with Crippen LogP contribution in [0.15, 0.2) is 0 Å². The highest BCUT2D eigenvalue weighted by atomic mass is 32.2. The molecule has 1 aliphatic heterocycles. The fourth-order valence-corrected chi connectivity index (χ4v) is 3.46. The second-order valence-corrected chi connectivity index (χ2v) is 7.47. The first-order valence-corrected chi connectivity index (χ1v) is 8.82. The van der Waals surface area contributed by atoms with Crippen LogP contribution in [0.25, 0.3) is 0 Å². The van der Waals surface area contributed by atoms with Crippen LogP contribution in [0.1, 0.15) is 26.2 Å². The maximum atomic E-state index is 12.1. The standard InChI is InChI=1S/C13H27N3O4S/c1-4-20-10-6-8-14-13(17)12-7-5-9-16(11-12)21(18,19)15(2)3/h12H,4-11H2,1-3H3,(H,14,17)/t12-/m0/s1. The van der Waals surface area contributed by atoms with Crippen molar-refractivity contribution in [1.82, 2.24) is 13.9 Å². The number of amides is 1. The summed E-state index contributed by atoms with van der Waals surface area (Å²) in [5, 5.41) is 2.86. The lowest BCUT2D eigenvalue weighted by Crippen LogP contribution is -2.48. The summed E-state index contributed by atoms with van der Waals surface area (Å²) < 4.78 is 32.0. The van der Waals surface area contributed by atoms with E-state index in [0.717, 1.165) is 12.8 Å². The SMILES string of the molecule is CCOCCCNC(=O)[C@H]1CCCN(S(=O)(=O)N(C)C)C1. The van der Waals surface area contributed by atoms with E-state index >= 15 is 0 Å². The molecule has 1 atom stereocenters. The smallest absolute Gasteiger partial charge is 0.281 e. The van der Waals surface area contributed by atoms with Crippen molar-refractivity contribution < 1.29 is 17.9 Å². The Kier molecular flexibility index (Phi) is 7.58. The average molecular weight is 321 g/mol. The predicted molar refractivity (Wildman–Crippen MR) is 81.0 cm³/mol. The van der Waals surface area contributed by atoms with Gasteiger partial charge in [-0.2, -0.15) is 17.0 Å². The van der Waals surface area contributed by atoms with Gasteiger partial charge in [-0.05, 0) is 26.2 Å². The van der Waals surface area contributed by atoms with Gasteiger partial charge in [0.2, 0.25) is 5.91 Å². The first kappa shape index (κ1) is 18.3. The van der Waals surface area contributed by atoms with Crippen LogP contribution in [0.2, 0.25) is 0 Å². The van der Waals surface area contributed by atoms with Gasteiger partial charge in [0.25, 0.3) is 10.2 Å². The first-order valence-electron chi connectivity index (χ1n) is 7.42. The van der Waals surface area contributed by atoms with Crippen molar-refractivity contribution in [3.05, 3.63) is 0 Å². The molecule has 1 amide bonds. The Morgan fingerprint density at radius 1 is 1.43 bits per heavy atom. The largest absolute Gasteiger partial charge is 0.382 e. The van der Waals surface area contributed by atoms with Crippen LogP contribution in [0.3, 0.4) is 0 Å². The van der Waals surface area contributed by atoms with E-state index in [1.54, 1.807) is 0 Å².